The van der Waals surface area contributed by atoms with Gasteiger partial charge in [-0.25, -0.2) is 4.79 Å². The van der Waals surface area contributed by atoms with E-state index in [-0.39, 0.29) is 17.7 Å². The molecule has 22 heavy (non-hydrogen) atoms. The van der Waals surface area contributed by atoms with Crippen LogP contribution in [-0.2, 0) is 9.59 Å². The highest BCUT2D eigenvalue weighted by Gasteiger charge is 2.45. The Hall–Kier alpha value is -2.24. The lowest BCUT2D eigenvalue weighted by Gasteiger charge is -2.19. The molecule has 1 heterocycles. The monoisotopic (exact) mass is 305 g/mol. The highest BCUT2D eigenvalue weighted by Crippen LogP contribution is 2.49. The first-order valence-corrected chi connectivity index (χ1v) is 7.53. The van der Waals surface area contributed by atoms with E-state index in [0.29, 0.717) is 25.4 Å². The normalized spacial score (nSPS) is 23.5. The van der Waals surface area contributed by atoms with Crippen LogP contribution in [0.5, 0.6) is 11.5 Å². The van der Waals surface area contributed by atoms with Gasteiger partial charge in [-0.3, -0.25) is 4.79 Å². The fraction of sp³-hybridized carbons (Fsp3) is 0.500. The number of fused-ring (bicyclic) bond motifs is 1. The number of carbonyl (C=O) groups excluding carboxylic acids is 1. The summed E-state index contributed by atoms with van der Waals surface area (Å²) in [6.45, 7) is 2.82. The molecule has 1 saturated carbocycles. The Labute approximate surface area is 128 Å². The number of aliphatic carboxylic acids is 1. The fourth-order valence-electron chi connectivity index (χ4n) is 2.76. The van der Waals surface area contributed by atoms with Crippen LogP contribution >= 0.6 is 0 Å². The number of carboxylic acid groups (broad SMARTS) is 1. The summed E-state index contributed by atoms with van der Waals surface area (Å²) < 4.78 is 11.0. The van der Waals surface area contributed by atoms with Gasteiger partial charge in [0, 0.05) is 5.92 Å². The van der Waals surface area contributed by atoms with Crippen LogP contribution in [0.15, 0.2) is 18.2 Å². The third kappa shape index (κ3) is 2.86. The molecule has 6 nitrogen and oxygen atoms in total. The third-order valence-corrected chi connectivity index (χ3v) is 4.14. The number of nitrogens with one attached hydrogen (secondary N) is 1. The number of benzene rings is 1. The molecule has 0 aromatic heterocycles. The first-order chi connectivity index (χ1) is 10.6. The molecule has 118 valence electrons. The minimum absolute atomic E-state index is 0.127. The van der Waals surface area contributed by atoms with Crippen molar-refractivity contribution in [3.05, 3.63) is 23.8 Å². The van der Waals surface area contributed by atoms with Crippen molar-refractivity contribution in [1.29, 1.82) is 0 Å². The summed E-state index contributed by atoms with van der Waals surface area (Å²) in [5.41, 5.74) is 1.03. The molecule has 2 aliphatic rings. The van der Waals surface area contributed by atoms with E-state index in [4.69, 9.17) is 14.6 Å². The molecule has 1 aromatic carbocycles. The minimum Gasteiger partial charge on any atom is -0.486 e. The fourth-order valence-corrected chi connectivity index (χ4v) is 2.76. The summed E-state index contributed by atoms with van der Waals surface area (Å²) >= 11 is 0. The van der Waals surface area contributed by atoms with Crippen LogP contribution in [0.3, 0.4) is 0 Å². The molecule has 0 spiro atoms. The zero-order valence-electron chi connectivity index (χ0n) is 12.4. The van der Waals surface area contributed by atoms with Crippen molar-refractivity contribution in [2.75, 3.05) is 13.2 Å². The molecule has 3 rings (SSSR count). The number of ether oxygens (including phenoxy) is 2. The molecule has 1 aliphatic heterocycles. The van der Waals surface area contributed by atoms with Crippen LogP contribution in [0.1, 0.15) is 31.2 Å². The number of rotatable bonds is 5. The van der Waals surface area contributed by atoms with Crippen molar-refractivity contribution in [2.24, 2.45) is 5.92 Å². The van der Waals surface area contributed by atoms with Crippen molar-refractivity contribution < 1.29 is 24.2 Å². The lowest BCUT2D eigenvalue weighted by atomic mass is 10.1. The first kappa shape index (κ1) is 14.7. The van der Waals surface area contributed by atoms with Crippen LogP contribution in [0, 0.1) is 5.92 Å². The molecule has 0 saturated heterocycles. The van der Waals surface area contributed by atoms with Gasteiger partial charge >= 0.3 is 5.97 Å². The molecule has 1 fully saturated rings. The molecular formula is C16H19NO5. The molecule has 0 radical (unpaired) electrons. The van der Waals surface area contributed by atoms with Crippen molar-refractivity contribution in [3.8, 4) is 11.5 Å². The lowest BCUT2D eigenvalue weighted by Crippen LogP contribution is -2.41. The predicted molar refractivity (Wildman–Crippen MR) is 78.1 cm³/mol. The molecular weight excluding hydrogens is 286 g/mol. The van der Waals surface area contributed by atoms with E-state index in [1.165, 1.54) is 0 Å². The Morgan fingerprint density at radius 1 is 1.32 bits per heavy atom. The van der Waals surface area contributed by atoms with Crippen molar-refractivity contribution in [2.45, 2.75) is 31.7 Å². The number of hydrogen-bond donors (Lipinski definition) is 2. The second kappa shape index (κ2) is 5.87. The van der Waals surface area contributed by atoms with Gasteiger partial charge in [-0.05, 0) is 36.5 Å². The minimum atomic E-state index is -0.993. The Balaban J connectivity index is 1.64. The Morgan fingerprint density at radius 2 is 2.05 bits per heavy atom. The highest BCUT2D eigenvalue weighted by atomic mass is 16.6. The van der Waals surface area contributed by atoms with E-state index in [0.717, 1.165) is 17.7 Å². The van der Waals surface area contributed by atoms with Gasteiger partial charge in [0.15, 0.2) is 11.5 Å². The van der Waals surface area contributed by atoms with Crippen molar-refractivity contribution in [1.82, 2.24) is 5.32 Å². The van der Waals surface area contributed by atoms with Gasteiger partial charge in [-0.15, -0.1) is 0 Å². The summed E-state index contributed by atoms with van der Waals surface area (Å²) in [7, 11) is 0. The summed E-state index contributed by atoms with van der Waals surface area (Å²) in [6, 6.07) is 4.92. The van der Waals surface area contributed by atoms with E-state index in [9.17, 15) is 9.59 Å². The summed E-state index contributed by atoms with van der Waals surface area (Å²) in [4.78, 5) is 23.1. The maximum absolute atomic E-state index is 12.1. The third-order valence-electron chi connectivity index (χ3n) is 4.14. The molecule has 1 amide bonds. The smallest absolute Gasteiger partial charge is 0.326 e. The van der Waals surface area contributed by atoms with Crippen LogP contribution in [0.2, 0.25) is 0 Å². The second-order valence-corrected chi connectivity index (χ2v) is 5.66. The van der Waals surface area contributed by atoms with Gasteiger partial charge in [-0.1, -0.05) is 13.0 Å². The number of hydrogen-bond acceptors (Lipinski definition) is 4. The number of amides is 1. The van der Waals surface area contributed by atoms with E-state index in [1.807, 2.05) is 18.2 Å². The van der Waals surface area contributed by atoms with Crippen LogP contribution in [0.25, 0.3) is 0 Å². The van der Waals surface area contributed by atoms with Crippen molar-refractivity contribution >= 4 is 11.9 Å². The molecule has 1 aliphatic carbocycles. The molecule has 3 unspecified atom stereocenters. The zero-order chi connectivity index (χ0) is 15.7. The van der Waals surface area contributed by atoms with Crippen LogP contribution in [-0.4, -0.2) is 36.2 Å². The van der Waals surface area contributed by atoms with Crippen molar-refractivity contribution in [3.63, 3.8) is 0 Å². The maximum Gasteiger partial charge on any atom is 0.326 e. The maximum atomic E-state index is 12.1. The Morgan fingerprint density at radius 3 is 2.73 bits per heavy atom. The first-order valence-electron chi connectivity index (χ1n) is 7.53. The Kier molecular flexibility index (Phi) is 3.92. The van der Waals surface area contributed by atoms with E-state index < -0.39 is 12.0 Å². The zero-order valence-corrected chi connectivity index (χ0v) is 12.4. The molecule has 0 bridgehead atoms. The largest absolute Gasteiger partial charge is 0.486 e. The summed E-state index contributed by atoms with van der Waals surface area (Å²) in [5, 5.41) is 11.6. The van der Waals surface area contributed by atoms with Gasteiger partial charge in [0.1, 0.15) is 19.3 Å². The Bertz CT molecular complexity index is 600. The SMILES string of the molecule is CCC(NC(=O)C1CC1c1ccc2c(c1)OCCO2)C(=O)O. The predicted octanol–water partition coefficient (Wildman–Crippen LogP) is 1.54. The molecule has 2 N–H and O–H groups in total. The summed E-state index contributed by atoms with van der Waals surface area (Å²) in [5.74, 6) is 0.236. The van der Waals surface area contributed by atoms with Crippen LogP contribution < -0.4 is 14.8 Å². The van der Waals surface area contributed by atoms with Gasteiger partial charge in [0.2, 0.25) is 5.91 Å². The number of carboxylic acids is 1. The van der Waals surface area contributed by atoms with E-state index in [1.54, 1.807) is 6.92 Å². The van der Waals surface area contributed by atoms with Crippen LogP contribution in [0.4, 0.5) is 0 Å². The topological polar surface area (TPSA) is 84.9 Å². The molecule has 3 atom stereocenters. The van der Waals surface area contributed by atoms with E-state index >= 15 is 0 Å². The van der Waals surface area contributed by atoms with Gasteiger partial charge < -0.3 is 19.9 Å². The van der Waals surface area contributed by atoms with Gasteiger partial charge in [-0.2, -0.15) is 0 Å². The van der Waals surface area contributed by atoms with Gasteiger partial charge in [0.05, 0.1) is 0 Å². The average Bonchev–Trinajstić information content (AvgIpc) is 3.32. The molecule has 6 heteroatoms. The quantitative estimate of drug-likeness (QED) is 0.862. The molecule has 1 aromatic rings. The average molecular weight is 305 g/mol. The van der Waals surface area contributed by atoms with E-state index in [2.05, 4.69) is 5.32 Å². The summed E-state index contributed by atoms with van der Waals surface area (Å²) in [6.07, 6.45) is 1.12. The highest BCUT2D eigenvalue weighted by molar-refractivity contribution is 5.87. The lowest BCUT2D eigenvalue weighted by molar-refractivity contribution is -0.142. The second-order valence-electron chi connectivity index (χ2n) is 5.66. The standard InChI is InChI=1S/C16H19NO5/c1-2-12(16(19)20)17-15(18)11-8-10(11)9-3-4-13-14(7-9)22-6-5-21-13/h3-4,7,10-12H,2,5-6,8H2,1H3,(H,17,18)(H,19,20). The van der Waals surface area contributed by atoms with Gasteiger partial charge in [0.25, 0.3) is 0 Å². The number of carbonyl (C=O) groups is 2.